The molecule has 0 saturated heterocycles. The lowest BCUT2D eigenvalue weighted by atomic mass is 9.82. The Labute approximate surface area is 169 Å². The van der Waals surface area contributed by atoms with Gasteiger partial charge < -0.3 is 5.73 Å². The number of halogens is 2. The van der Waals surface area contributed by atoms with Gasteiger partial charge in [0, 0.05) is 44.2 Å². The topological polar surface area (TPSA) is 81.2 Å². The third kappa shape index (κ3) is 3.39. The summed E-state index contributed by atoms with van der Waals surface area (Å²) in [5.74, 6) is -0.587. The highest BCUT2D eigenvalue weighted by Gasteiger charge is 2.33. The molecule has 6 nitrogen and oxygen atoms in total. The number of sulfonamides is 1. The van der Waals surface area contributed by atoms with Crippen molar-refractivity contribution >= 4 is 21.6 Å². The lowest BCUT2D eigenvalue weighted by Gasteiger charge is -2.27. The largest absolute Gasteiger partial charge is 0.327 e. The first-order valence-electron chi connectivity index (χ1n) is 8.94. The third-order valence-corrected chi connectivity index (χ3v) is 7.52. The van der Waals surface area contributed by atoms with Gasteiger partial charge in [-0.15, -0.1) is 0 Å². The molecule has 1 aliphatic rings. The van der Waals surface area contributed by atoms with Gasteiger partial charge in [0.2, 0.25) is 10.0 Å². The number of aryl methyl sites for hydroxylation is 1. The number of hydrogen-bond donors (Lipinski definition) is 1. The predicted octanol–water partition coefficient (Wildman–Crippen LogP) is 2.96. The van der Waals surface area contributed by atoms with Crippen LogP contribution in [0.3, 0.4) is 0 Å². The van der Waals surface area contributed by atoms with E-state index in [4.69, 9.17) is 17.3 Å². The van der Waals surface area contributed by atoms with Crippen molar-refractivity contribution < 1.29 is 12.8 Å². The van der Waals surface area contributed by atoms with Gasteiger partial charge in [0.05, 0.1) is 17.3 Å². The molecule has 28 heavy (non-hydrogen) atoms. The molecule has 0 amide bonds. The molecule has 1 heterocycles. The van der Waals surface area contributed by atoms with Crippen LogP contribution in [-0.2, 0) is 23.0 Å². The minimum Gasteiger partial charge on any atom is -0.327 e. The van der Waals surface area contributed by atoms with Crippen molar-refractivity contribution in [1.29, 1.82) is 0 Å². The van der Waals surface area contributed by atoms with Crippen LogP contribution in [0.4, 0.5) is 4.39 Å². The maximum absolute atomic E-state index is 14.1. The van der Waals surface area contributed by atoms with Gasteiger partial charge in [-0.2, -0.15) is 5.10 Å². The zero-order chi connectivity index (χ0) is 20.8. The van der Waals surface area contributed by atoms with E-state index in [9.17, 15) is 12.8 Å². The van der Waals surface area contributed by atoms with E-state index < -0.39 is 10.0 Å². The van der Waals surface area contributed by atoms with Crippen molar-refractivity contribution in [2.24, 2.45) is 5.73 Å². The van der Waals surface area contributed by atoms with E-state index in [1.807, 2.05) is 19.9 Å². The number of rotatable bonds is 5. The smallest absolute Gasteiger partial charge is 0.244 e. The fourth-order valence-electron chi connectivity index (χ4n) is 3.75. The SMILES string of the molecule is Cc1nn(C/C(F)=C/CN)c2c1Cc1ccc(S(=O)(=O)N(C)C)c(Cl)c1C2C. The summed E-state index contributed by atoms with van der Waals surface area (Å²) in [5.41, 5.74) is 9.82. The standard InChI is InChI=1S/C19H24ClFN4O2S/c1-11-17-13(5-6-16(18(17)20)28(26,27)24(3)4)9-15-12(2)23-25(19(11)15)10-14(21)7-8-22/h5-7,11H,8-10,22H2,1-4H3/b14-7-. The molecular formula is C19H24ClFN4O2S. The molecule has 1 aromatic carbocycles. The van der Waals surface area contributed by atoms with Crippen molar-refractivity contribution in [3.05, 3.63) is 57.1 Å². The predicted molar refractivity (Wildman–Crippen MR) is 108 cm³/mol. The van der Waals surface area contributed by atoms with Crippen molar-refractivity contribution in [3.63, 3.8) is 0 Å². The van der Waals surface area contributed by atoms with Crippen molar-refractivity contribution in [1.82, 2.24) is 14.1 Å². The highest BCUT2D eigenvalue weighted by Crippen LogP contribution is 2.43. The molecule has 9 heteroatoms. The number of nitrogens with zero attached hydrogens (tertiary/aromatic N) is 3. The molecule has 3 rings (SSSR count). The van der Waals surface area contributed by atoms with Gasteiger partial charge in [0.15, 0.2) is 0 Å². The fourth-order valence-corrected chi connectivity index (χ4v) is 5.36. The van der Waals surface area contributed by atoms with Crippen LogP contribution >= 0.6 is 11.6 Å². The summed E-state index contributed by atoms with van der Waals surface area (Å²) in [4.78, 5) is 0.0743. The first-order valence-corrected chi connectivity index (χ1v) is 10.8. The minimum atomic E-state index is -3.68. The number of fused-ring (bicyclic) bond motifs is 2. The van der Waals surface area contributed by atoms with Crippen molar-refractivity contribution in [2.45, 2.75) is 37.6 Å². The molecule has 1 unspecified atom stereocenters. The fraction of sp³-hybridized carbons (Fsp3) is 0.421. The Hall–Kier alpha value is -1.74. The van der Waals surface area contributed by atoms with Gasteiger partial charge in [-0.3, -0.25) is 4.68 Å². The maximum atomic E-state index is 14.1. The van der Waals surface area contributed by atoms with Crippen LogP contribution in [-0.4, -0.2) is 43.1 Å². The molecule has 0 spiro atoms. The number of allylic oxidation sites excluding steroid dienone is 1. The average Bonchev–Trinajstić information content (AvgIpc) is 2.90. The molecule has 1 aliphatic carbocycles. The molecule has 2 aromatic rings. The summed E-state index contributed by atoms with van der Waals surface area (Å²) in [7, 11) is -0.737. The van der Waals surface area contributed by atoms with Crippen molar-refractivity contribution in [2.75, 3.05) is 20.6 Å². The Bertz CT molecular complexity index is 1060. The molecule has 0 aliphatic heterocycles. The van der Waals surface area contributed by atoms with Crippen LogP contribution in [0.1, 0.15) is 40.9 Å². The molecule has 0 bridgehead atoms. The summed E-state index contributed by atoms with van der Waals surface area (Å²) < 4.78 is 42.1. The van der Waals surface area contributed by atoms with Crippen LogP contribution in [0.5, 0.6) is 0 Å². The van der Waals surface area contributed by atoms with E-state index in [2.05, 4.69) is 5.10 Å². The molecule has 1 atom stereocenters. The Morgan fingerprint density at radius 3 is 2.75 bits per heavy atom. The van der Waals surface area contributed by atoms with Gasteiger partial charge in [-0.05, 0) is 30.2 Å². The summed E-state index contributed by atoms with van der Waals surface area (Å²) in [6.07, 6.45) is 1.89. The molecule has 0 saturated carbocycles. The average molecular weight is 427 g/mol. The van der Waals surface area contributed by atoms with Crippen LogP contribution in [0, 0.1) is 6.92 Å². The first-order chi connectivity index (χ1) is 13.1. The molecule has 1 aromatic heterocycles. The summed E-state index contributed by atoms with van der Waals surface area (Å²) in [6, 6.07) is 3.36. The lowest BCUT2D eigenvalue weighted by molar-refractivity contribution is 0.505. The first kappa shape index (κ1) is 21.0. The van der Waals surface area contributed by atoms with E-state index in [0.717, 1.165) is 32.4 Å². The highest BCUT2D eigenvalue weighted by molar-refractivity contribution is 7.89. The lowest BCUT2D eigenvalue weighted by Crippen LogP contribution is -2.24. The van der Waals surface area contributed by atoms with E-state index in [0.29, 0.717) is 6.42 Å². The zero-order valence-corrected chi connectivity index (χ0v) is 17.9. The molecule has 152 valence electrons. The molecular weight excluding hydrogens is 403 g/mol. The van der Waals surface area contributed by atoms with E-state index in [1.54, 1.807) is 10.7 Å². The second-order valence-electron chi connectivity index (χ2n) is 7.13. The monoisotopic (exact) mass is 426 g/mol. The van der Waals surface area contributed by atoms with Gasteiger partial charge in [0.1, 0.15) is 10.7 Å². The quantitative estimate of drug-likeness (QED) is 0.796. The van der Waals surface area contributed by atoms with Crippen LogP contribution in [0.15, 0.2) is 28.9 Å². The third-order valence-electron chi connectivity index (χ3n) is 5.14. The highest BCUT2D eigenvalue weighted by atomic mass is 35.5. The van der Waals surface area contributed by atoms with Crippen LogP contribution < -0.4 is 5.73 Å². The van der Waals surface area contributed by atoms with Crippen molar-refractivity contribution in [3.8, 4) is 0 Å². The van der Waals surface area contributed by atoms with Gasteiger partial charge in [-0.25, -0.2) is 17.1 Å². The van der Waals surface area contributed by atoms with Crippen LogP contribution in [0.25, 0.3) is 0 Å². The Morgan fingerprint density at radius 1 is 1.46 bits per heavy atom. The normalized spacial score (nSPS) is 17.0. The number of aromatic nitrogens is 2. The molecule has 0 radical (unpaired) electrons. The summed E-state index contributed by atoms with van der Waals surface area (Å²) in [6.45, 7) is 3.94. The zero-order valence-electron chi connectivity index (χ0n) is 16.3. The number of nitrogens with two attached hydrogens (primary N) is 1. The minimum absolute atomic E-state index is 0.0135. The number of benzene rings is 1. The van der Waals surface area contributed by atoms with Gasteiger partial charge in [0.25, 0.3) is 0 Å². The molecule has 0 fully saturated rings. The second-order valence-corrected chi connectivity index (χ2v) is 9.63. The Kier molecular flexibility index (Phi) is 5.69. The summed E-state index contributed by atoms with van der Waals surface area (Å²) in [5, 5.41) is 4.72. The second kappa shape index (κ2) is 7.59. The number of hydrogen-bond acceptors (Lipinski definition) is 4. The summed E-state index contributed by atoms with van der Waals surface area (Å²) >= 11 is 6.59. The van der Waals surface area contributed by atoms with E-state index in [-0.39, 0.29) is 34.8 Å². The van der Waals surface area contributed by atoms with E-state index in [1.165, 1.54) is 20.2 Å². The Morgan fingerprint density at radius 2 is 2.14 bits per heavy atom. The molecule has 2 N–H and O–H groups in total. The van der Waals surface area contributed by atoms with Crippen LogP contribution in [0.2, 0.25) is 5.02 Å². The Balaban J connectivity index is 2.15. The van der Waals surface area contributed by atoms with E-state index >= 15 is 0 Å². The van der Waals surface area contributed by atoms with Gasteiger partial charge in [-0.1, -0.05) is 24.6 Å². The maximum Gasteiger partial charge on any atom is 0.244 e. The van der Waals surface area contributed by atoms with Gasteiger partial charge >= 0.3 is 0 Å².